The summed E-state index contributed by atoms with van der Waals surface area (Å²) < 4.78 is 23.4. The summed E-state index contributed by atoms with van der Waals surface area (Å²) in [6, 6.07) is 13.3. The maximum Gasteiger partial charge on any atom is 0.162 e. The normalized spacial score (nSPS) is 14.7. The molecule has 0 spiro atoms. The van der Waals surface area contributed by atoms with Gasteiger partial charge >= 0.3 is 0 Å². The fourth-order valence-corrected chi connectivity index (χ4v) is 3.29. The molecule has 0 bridgehead atoms. The maximum atomic E-state index is 12.4. The van der Waals surface area contributed by atoms with Gasteiger partial charge in [0.25, 0.3) is 0 Å². The van der Waals surface area contributed by atoms with E-state index < -0.39 is 10.8 Å². The van der Waals surface area contributed by atoms with Crippen LogP contribution in [0.1, 0.15) is 11.1 Å². The molecule has 4 nitrogen and oxygen atoms in total. The third-order valence-corrected chi connectivity index (χ3v) is 4.71. The third kappa shape index (κ3) is 3.25. The molecule has 2 aromatic rings. The van der Waals surface area contributed by atoms with Crippen LogP contribution in [0.5, 0.6) is 11.5 Å². The van der Waals surface area contributed by atoms with Crippen molar-refractivity contribution in [2.24, 2.45) is 5.73 Å². The van der Waals surface area contributed by atoms with Crippen molar-refractivity contribution in [2.75, 3.05) is 13.2 Å². The molecular formula is C16H17NO3S. The molecule has 2 N–H and O–H groups in total. The predicted molar refractivity (Wildman–Crippen MR) is 81.9 cm³/mol. The van der Waals surface area contributed by atoms with Gasteiger partial charge in [-0.2, -0.15) is 0 Å². The Morgan fingerprint density at radius 1 is 0.952 bits per heavy atom. The van der Waals surface area contributed by atoms with Crippen LogP contribution in [-0.2, 0) is 23.1 Å². The van der Waals surface area contributed by atoms with Crippen molar-refractivity contribution < 1.29 is 13.7 Å². The summed E-state index contributed by atoms with van der Waals surface area (Å²) >= 11 is 0. The molecule has 110 valence electrons. The Balaban J connectivity index is 1.75. The highest BCUT2D eigenvalue weighted by Gasteiger charge is 2.14. The lowest BCUT2D eigenvalue weighted by Crippen LogP contribution is -2.15. The van der Waals surface area contributed by atoms with Gasteiger partial charge in [0.05, 0.1) is 16.6 Å². The Morgan fingerprint density at radius 3 is 2.33 bits per heavy atom. The standard InChI is InChI=1S/C16H17NO3S/c17-10-12-1-3-13(4-2-12)11-21(18)14-5-6-15-16(9-14)20-8-7-19-15/h1-6,9H,7-8,10-11,17H2. The van der Waals surface area contributed by atoms with Gasteiger partial charge in [-0.1, -0.05) is 24.3 Å². The molecule has 0 radical (unpaired) electrons. The van der Waals surface area contributed by atoms with Crippen molar-refractivity contribution >= 4 is 10.8 Å². The van der Waals surface area contributed by atoms with E-state index >= 15 is 0 Å². The Hall–Kier alpha value is -1.85. The molecular weight excluding hydrogens is 286 g/mol. The summed E-state index contributed by atoms with van der Waals surface area (Å²) in [5.41, 5.74) is 7.67. The first-order chi connectivity index (χ1) is 10.3. The van der Waals surface area contributed by atoms with Crippen LogP contribution in [0.15, 0.2) is 47.4 Å². The maximum absolute atomic E-state index is 12.4. The van der Waals surface area contributed by atoms with Crippen LogP contribution in [0.3, 0.4) is 0 Å². The summed E-state index contributed by atoms with van der Waals surface area (Å²) in [6.45, 7) is 1.61. The summed E-state index contributed by atoms with van der Waals surface area (Å²) in [6.07, 6.45) is 0. The van der Waals surface area contributed by atoms with Gasteiger partial charge in [-0.15, -0.1) is 0 Å². The van der Waals surface area contributed by atoms with Crippen molar-refractivity contribution in [1.82, 2.24) is 0 Å². The zero-order chi connectivity index (χ0) is 14.7. The average molecular weight is 303 g/mol. The minimum Gasteiger partial charge on any atom is -0.486 e. The number of fused-ring (bicyclic) bond motifs is 1. The van der Waals surface area contributed by atoms with Crippen molar-refractivity contribution in [3.05, 3.63) is 53.6 Å². The van der Waals surface area contributed by atoms with Crippen molar-refractivity contribution in [2.45, 2.75) is 17.2 Å². The SMILES string of the molecule is NCc1ccc(CS(=O)c2ccc3c(c2)OCCO3)cc1. The van der Waals surface area contributed by atoms with E-state index in [1.165, 1.54) is 0 Å². The Morgan fingerprint density at radius 2 is 1.62 bits per heavy atom. The molecule has 0 aromatic heterocycles. The zero-order valence-corrected chi connectivity index (χ0v) is 12.4. The van der Waals surface area contributed by atoms with Gasteiger partial charge in [0.1, 0.15) is 13.2 Å². The zero-order valence-electron chi connectivity index (χ0n) is 11.6. The fraction of sp³-hybridized carbons (Fsp3) is 0.250. The highest BCUT2D eigenvalue weighted by atomic mass is 32.2. The Labute approximate surface area is 126 Å². The number of nitrogens with two attached hydrogens (primary N) is 1. The quantitative estimate of drug-likeness (QED) is 0.941. The van der Waals surface area contributed by atoms with Gasteiger partial charge in [0, 0.05) is 17.5 Å². The number of rotatable bonds is 4. The number of hydrogen-bond acceptors (Lipinski definition) is 4. The van der Waals surface area contributed by atoms with Crippen LogP contribution in [0.4, 0.5) is 0 Å². The first-order valence-electron chi connectivity index (χ1n) is 6.82. The molecule has 1 aliphatic heterocycles. The molecule has 1 aliphatic rings. The predicted octanol–water partition coefficient (Wildman–Crippen LogP) is 2.22. The molecule has 1 unspecified atom stereocenters. The monoisotopic (exact) mass is 303 g/mol. The minimum absolute atomic E-state index is 0.477. The van der Waals surface area contributed by atoms with E-state index in [4.69, 9.17) is 15.2 Å². The summed E-state index contributed by atoms with van der Waals surface area (Å²) in [5, 5.41) is 0. The van der Waals surface area contributed by atoms with Crippen LogP contribution in [-0.4, -0.2) is 17.4 Å². The summed E-state index contributed by atoms with van der Waals surface area (Å²) in [4.78, 5) is 0.752. The van der Waals surface area contributed by atoms with Crippen molar-refractivity contribution in [3.63, 3.8) is 0 Å². The van der Waals surface area contributed by atoms with E-state index in [1.807, 2.05) is 36.4 Å². The lowest BCUT2D eigenvalue weighted by molar-refractivity contribution is 0.171. The molecule has 1 heterocycles. The number of ether oxygens (including phenoxy) is 2. The van der Waals surface area contributed by atoms with Crippen LogP contribution in [0.2, 0.25) is 0 Å². The van der Waals surface area contributed by atoms with Crippen LogP contribution in [0.25, 0.3) is 0 Å². The second-order valence-electron chi connectivity index (χ2n) is 4.82. The largest absolute Gasteiger partial charge is 0.486 e. The molecule has 0 saturated carbocycles. The second kappa shape index (κ2) is 6.28. The van der Waals surface area contributed by atoms with Crippen LogP contribution < -0.4 is 15.2 Å². The van der Waals surface area contributed by atoms with Crippen LogP contribution in [0, 0.1) is 0 Å². The summed E-state index contributed by atoms with van der Waals surface area (Å²) in [5.74, 6) is 1.87. The Bertz CT molecular complexity index is 655. The van der Waals surface area contributed by atoms with E-state index in [1.54, 1.807) is 6.07 Å². The van der Waals surface area contributed by atoms with Gasteiger partial charge in [-0.25, -0.2) is 0 Å². The topological polar surface area (TPSA) is 61.6 Å². The Kier molecular flexibility index (Phi) is 4.22. The fourth-order valence-electron chi connectivity index (χ4n) is 2.17. The molecule has 0 saturated heterocycles. The van der Waals surface area contributed by atoms with Gasteiger partial charge in [-0.3, -0.25) is 4.21 Å². The van der Waals surface area contributed by atoms with Gasteiger partial charge in [-0.05, 0) is 23.3 Å². The highest BCUT2D eigenvalue weighted by Crippen LogP contribution is 2.32. The highest BCUT2D eigenvalue weighted by molar-refractivity contribution is 7.84. The molecule has 3 rings (SSSR count). The van der Waals surface area contributed by atoms with E-state index in [0.717, 1.165) is 16.0 Å². The second-order valence-corrected chi connectivity index (χ2v) is 6.27. The smallest absolute Gasteiger partial charge is 0.162 e. The average Bonchev–Trinajstić information content (AvgIpc) is 2.55. The first kappa shape index (κ1) is 14.1. The molecule has 0 fully saturated rings. The lowest BCUT2D eigenvalue weighted by atomic mass is 10.1. The van der Waals surface area contributed by atoms with E-state index in [0.29, 0.717) is 37.0 Å². The van der Waals surface area contributed by atoms with E-state index in [-0.39, 0.29) is 0 Å². The molecule has 0 aliphatic carbocycles. The number of hydrogen-bond donors (Lipinski definition) is 1. The molecule has 5 heteroatoms. The lowest BCUT2D eigenvalue weighted by Gasteiger charge is -2.18. The van der Waals surface area contributed by atoms with Crippen molar-refractivity contribution in [1.29, 1.82) is 0 Å². The van der Waals surface area contributed by atoms with E-state index in [2.05, 4.69) is 0 Å². The van der Waals surface area contributed by atoms with Crippen molar-refractivity contribution in [3.8, 4) is 11.5 Å². The first-order valence-corrected chi connectivity index (χ1v) is 8.14. The molecule has 21 heavy (non-hydrogen) atoms. The molecule has 2 aromatic carbocycles. The summed E-state index contributed by atoms with van der Waals surface area (Å²) in [7, 11) is -1.11. The van der Waals surface area contributed by atoms with Crippen LogP contribution >= 0.6 is 0 Å². The van der Waals surface area contributed by atoms with Gasteiger partial charge in [0.15, 0.2) is 11.5 Å². The number of benzene rings is 2. The minimum atomic E-state index is -1.11. The molecule has 1 atom stereocenters. The van der Waals surface area contributed by atoms with Gasteiger partial charge in [0.2, 0.25) is 0 Å². The van der Waals surface area contributed by atoms with E-state index in [9.17, 15) is 4.21 Å². The van der Waals surface area contributed by atoms with Gasteiger partial charge < -0.3 is 15.2 Å². The molecule has 0 amide bonds. The third-order valence-electron chi connectivity index (χ3n) is 3.33.